The Hall–Kier alpha value is -0.860. The Balaban J connectivity index is 1.54. The second-order valence-corrected chi connectivity index (χ2v) is 7.73. The first kappa shape index (κ1) is 15.1. The fourth-order valence-electron chi connectivity index (χ4n) is 3.97. The van der Waals surface area contributed by atoms with Gasteiger partial charge in [0.05, 0.1) is 0 Å². The second-order valence-electron chi connectivity index (χ2n) is 7.73. The van der Waals surface area contributed by atoms with Gasteiger partial charge in [-0.25, -0.2) is 0 Å². The van der Waals surface area contributed by atoms with Crippen LogP contribution in [-0.4, -0.2) is 36.6 Å². The van der Waals surface area contributed by atoms with Gasteiger partial charge in [0.1, 0.15) is 0 Å². The molecule has 1 aromatic rings. The summed E-state index contributed by atoms with van der Waals surface area (Å²) in [5, 5.41) is 3.71. The third kappa shape index (κ3) is 4.08. The molecule has 0 spiro atoms. The molecule has 1 aromatic carbocycles. The molecule has 1 aliphatic heterocycles. The maximum atomic E-state index is 3.71. The molecule has 2 heteroatoms. The lowest BCUT2D eigenvalue weighted by Crippen LogP contribution is -2.55. The van der Waals surface area contributed by atoms with Gasteiger partial charge in [0, 0.05) is 31.7 Å². The topological polar surface area (TPSA) is 15.3 Å². The first-order valence-electron chi connectivity index (χ1n) is 8.64. The van der Waals surface area contributed by atoms with Gasteiger partial charge in [-0.05, 0) is 43.1 Å². The van der Waals surface area contributed by atoms with E-state index in [0.717, 1.165) is 19.0 Å². The van der Waals surface area contributed by atoms with Crippen molar-refractivity contribution in [3.63, 3.8) is 0 Å². The van der Waals surface area contributed by atoms with Crippen LogP contribution in [-0.2, 0) is 6.42 Å². The highest BCUT2D eigenvalue weighted by atomic mass is 15.2. The fourth-order valence-corrected chi connectivity index (χ4v) is 3.97. The number of rotatable bonds is 3. The molecule has 1 N–H and O–H groups in total. The van der Waals surface area contributed by atoms with Crippen molar-refractivity contribution in [1.29, 1.82) is 0 Å². The molecule has 116 valence electrons. The second kappa shape index (κ2) is 6.50. The molecule has 3 rings (SSSR count). The molecule has 0 amide bonds. The largest absolute Gasteiger partial charge is 0.311 e. The molecule has 2 aliphatic rings. The van der Waals surface area contributed by atoms with E-state index in [1.54, 1.807) is 0 Å². The van der Waals surface area contributed by atoms with Crippen LogP contribution in [0.3, 0.4) is 0 Å². The molecule has 1 saturated heterocycles. The summed E-state index contributed by atoms with van der Waals surface area (Å²) in [6.07, 6.45) is 6.74. The van der Waals surface area contributed by atoms with Crippen molar-refractivity contribution in [3.8, 4) is 0 Å². The summed E-state index contributed by atoms with van der Waals surface area (Å²) in [5.74, 6) is 0. The highest BCUT2D eigenvalue weighted by Crippen LogP contribution is 2.37. The lowest BCUT2D eigenvalue weighted by molar-refractivity contribution is 0.0814. The van der Waals surface area contributed by atoms with Crippen LogP contribution in [0.1, 0.15) is 45.1 Å². The van der Waals surface area contributed by atoms with Crippen molar-refractivity contribution in [2.75, 3.05) is 19.6 Å². The standard InChI is InChI=1S/C19H30N2/c1-19(2)10-8-18(9-11-19)21-13-12-20-17(15-21)14-16-6-4-3-5-7-16/h3-7,17-18,20H,8-15H2,1-2H3. The van der Waals surface area contributed by atoms with Crippen LogP contribution < -0.4 is 5.32 Å². The Morgan fingerprint density at radius 2 is 1.86 bits per heavy atom. The fraction of sp³-hybridized carbons (Fsp3) is 0.684. The van der Waals surface area contributed by atoms with E-state index in [9.17, 15) is 0 Å². The molecule has 1 unspecified atom stereocenters. The van der Waals surface area contributed by atoms with E-state index in [-0.39, 0.29) is 0 Å². The number of nitrogens with one attached hydrogen (secondary N) is 1. The molecule has 2 fully saturated rings. The number of benzene rings is 1. The predicted octanol–water partition coefficient (Wildman–Crippen LogP) is 3.47. The summed E-state index contributed by atoms with van der Waals surface area (Å²) in [4.78, 5) is 2.76. The summed E-state index contributed by atoms with van der Waals surface area (Å²) in [5.41, 5.74) is 2.04. The van der Waals surface area contributed by atoms with Gasteiger partial charge in [0.25, 0.3) is 0 Å². The highest BCUT2D eigenvalue weighted by molar-refractivity contribution is 5.16. The Kier molecular flexibility index (Phi) is 4.66. The van der Waals surface area contributed by atoms with Crippen LogP contribution in [0.5, 0.6) is 0 Å². The van der Waals surface area contributed by atoms with Crippen molar-refractivity contribution in [3.05, 3.63) is 35.9 Å². The van der Waals surface area contributed by atoms with E-state index < -0.39 is 0 Å². The van der Waals surface area contributed by atoms with Gasteiger partial charge < -0.3 is 5.32 Å². The van der Waals surface area contributed by atoms with E-state index >= 15 is 0 Å². The summed E-state index contributed by atoms with van der Waals surface area (Å²) in [6.45, 7) is 8.46. The van der Waals surface area contributed by atoms with Gasteiger partial charge in [-0.1, -0.05) is 44.2 Å². The Morgan fingerprint density at radius 1 is 1.14 bits per heavy atom. The van der Waals surface area contributed by atoms with Gasteiger partial charge >= 0.3 is 0 Å². The highest BCUT2D eigenvalue weighted by Gasteiger charge is 2.32. The molecule has 0 bridgehead atoms. The van der Waals surface area contributed by atoms with E-state index in [1.165, 1.54) is 44.3 Å². The normalized spacial score (nSPS) is 27.6. The summed E-state index contributed by atoms with van der Waals surface area (Å²) in [6, 6.07) is 12.4. The molecule has 0 radical (unpaired) electrons. The third-order valence-electron chi connectivity index (χ3n) is 5.44. The van der Waals surface area contributed by atoms with Crippen LogP contribution >= 0.6 is 0 Å². The Labute approximate surface area is 129 Å². The molecule has 21 heavy (non-hydrogen) atoms. The monoisotopic (exact) mass is 286 g/mol. The Morgan fingerprint density at radius 3 is 2.57 bits per heavy atom. The molecule has 1 aliphatic carbocycles. The zero-order chi connectivity index (χ0) is 14.7. The lowest BCUT2D eigenvalue weighted by Gasteiger charge is -2.43. The number of piperazine rings is 1. The molecular formula is C19H30N2. The van der Waals surface area contributed by atoms with Gasteiger partial charge in [0.15, 0.2) is 0 Å². The van der Waals surface area contributed by atoms with E-state index in [0.29, 0.717) is 11.5 Å². The van der Waals surface area contributed by atoms with Crippen molar-refractivity contribution in [1.82, 2.24) is 10.2 Å². The minimum absolute atomic E-state index is 0.577. The SMILES string of the molecule is CC1(C)CCC(N2CCNC(Cc3ccccc3)C2)CC1. The number of nitrogens with zero attached hydrogens (tertiary/aromatic N) is 1. The van der Waals surface area contributed by atoms with Gasteiger partial charge in [-0.2, -0.15) is 0 Å². The van der Waals surface area contributed by atoms with E-state index in [4.69, 9.17) is 0 Å². The average Bonchev–Trinajstić information content (AvgIpc) is 2.48. The minimum Gasteiger partial charge on any atom is -0.311 e. The maximum Gasteiger partial charge on any atom is 0.0236 e. The predicted molar refractivity (Wildman–Crippen MR) is 89.5 cm³/mol. The number of hydrogen-bond donors (Lipinski definition) is 1. The van der Waals surface area contributed by atoms with Gasteiger partial charge in [-0.3, -0.25) is 4.90 Å². The quantitative estimate of drug-likeness (QED) is 0.915. The zero-order valence-corrected chi connectivity index (χ0v) is 13.6. The van der Waals surface area contributed by atoms with Crippen LogP contribution in [0.4, 0.5) is 0 Å². The average molecular weight is 286 g/mol. The molecule has 0 aromatic heterocycles. The Bertz CT molecular complexity index is 430. The summed E-state index contributed by atoms with van der Waals surface area (Å²) >= 11 is 0. The smallest absolute Gasteiger partial charge is 0.0236 e. The molecule has 2 nitrogen and oxygen atoms in total. The van der Waals surface area contributed by atoms with Crippen LogP contribution in [0, 0.1) is 5.41 Å². The zero-order valence-electron chi connectivity index (χ0n) is 13.6. The molecule has 1 saturated carbocycles. The van der Waals surface area contributed by atoms with Crippen molar-refractivity contribution < 1.29 is 0 Å². The molecule has 1 heterocycles. The minimum atomic E-state index is 0.577. The van der Waals surface area contributed by atoms with Gasteiger partial charge in [-0.15, -0.1) is 0 Å². The van der Waals surface area contributed by atoms with Gasteiger partial charge in [0.2, 0.25) is 0 Å². The van der Waals surface area contributed by atoms with E-state index in [2.05, 4.69) is 54.4 Å². The maximum absolute atomic E-state index is 3.71. The van der Waals surface area contributed by atoms with Crippen molar-refractivity contribution in [2.24, 2.45) is 5.41 Å². The third-order valence-corrected chi connectivity index (χ3v) is 5.44. The first-order valence-corrected chi connectivity index (χ1v) is 8.64. The van der Waals surface area contributed by atoms with E-state index in [1.807, 2.05) is 0 Å². The summed E-state index contributed by atoms with van der Waals surface area (Å²) < 4.78 is 0. The van der Waals surface area contributed by atoms with Crippen LogP contribution in [0.2, 0.25) is 0 Å². The lowest BCUT2D eigenvalue weighted by atomic mass is 9.75. The molecular weight excluding hydrogens is 256 g/mol. The molecule has 1 atom stereocenters. The summed E-state index contributed by atoms with van der Waals surface area (Å²) in [7, 11) is 0. The van der Waals surface area contributed by atoms with Crippen LogP contribution in [0.25, 0.3) is 0 Å². The first-order chi connectivity index (χ1) is 10.1. The number of hydrogen-bond acceptors (Lipinski definition) is 2. The van der Waals surface area contributed by atoms with Crippen molar-refractivity contribution in [2.45, 2.75) is 58.0 Å². The van der Waals surface area contributed by atoms with Crippen molar-refractivity contribution >= 4 is 0 Å². The van der Waals surface area contributed by atoms with Crippen LogP contribution in [0.15, 0.2) is 30.3 Å².